The zero-order chi connectivity index (χ0) is 13.7. The molecule has 0 atom stereocenters. The number of para-hydroxylation sites is 2. The van der Waals surface area contributed by atoms with Crippen LogP contribution in [0.3, 0.4) is 0 Å². The summed E-state index contributed by atoms with van der Waals surface area (Å²) in [5.74, 6) is 2.28. The summed E-state index contributed by atoms with van der Waals surface area (Å²) in [6, 6.07) is 13.3. The van der Waals surface area contributed by atoms with Gasteiger partial charge in [0, 0.05) is 6.07 Å². The minimum Gasteiger partial charge on any atom is -0.497 e. The summed E-state index contributed by atoms with van der Waals surface area (Å²) in [5, 5.41) is 3.29. The molecule has 0 amide bonds. The Labute approximate surface area is 112 Å². The van der Waals surface area contributed by atoms with E-state index >= 15 is 0 Å². The maximum absolute atomic E-state index is 5.33. The topological polar surface area (TPSA) is 39.7 Å². The van der Waals surface area contributed by atoms with Gasteiger partial charge in [-0.3, -0.25) is 0 Å². The van der Waals surface area contributed by atoms with E-state index in [1.165, 1.54) is 0 Å². The molecule has 0 heterocycles. The lowest BCUT2D eigenvalue weighted by molar-refractivity contribution is 0.404. The Balaban J connectivity index is 2.36. The SMILES string of the molecule is COc1ccc(OC)c(Nc2ccccc2OC)c1. The molecule has 0 saturated carbocycles. The molecule has 0 bridgehead atoms. The molecule has 0 aliphatic carbocycles. The first kappa shape index (κ1) is 13.1. The van der Waals surface area contributed by atoms with Crippen molar-refractivity contribution >= 4 is 11.4 Å². The minimum absolute atomic E-state index is 0.742. The van der Waals surface area contributed by atoms with Crippen LogP contribution in [0.15, 0.2) is 42.5 Å². The summed E-state index contributed by atoms with van der Waals surface area (Å²) in [6.45, 7) is 0. The molecule has 0 aliphatic heterocycles. The van der Waals surface area contributed by atoms with Crippen LogP contribution in [0.5, 0.6) is 17.2 Å². The molecule has 4 nitrogen and oxygen atoms in total. The third-order valence-corrected chi connectivity index (χ3v) is 2.78. The number of ether oxygens (including phenoxy) is 3. The van der Waals surface area contributed by atoms with Crippen LogP contribution < -0.4 is 19.5 Å². The fourth-order valence-electron chi connectivity index (χ4n) is 1.80. The lowest BCUT2D eigenvalue weighted by Crippen LogP contribution is -1.97. The van der Waals surface area contributed by atoms with E-state index in [0.29, 0.717) is 0 Å². The molecule has 0 aromatic heterocycles. The smallest absolute Gasteiger partial charge is 0.142 e. The highest BCUT2D eigenvalue weighted by Gasteiger charge is 2.08. The molecule has 0 saturated heterocycles. The van der Waals surface area contributed by atoms with Gasteiger partial charge in [-0.05, 0) is 24.3 Å². The van der Waals surface area contributed by atoms with Gasteiger partial charge in [0.05, 0.1) is 32.7 Å². The highest BCUT2D eigenvalue weighted by Crippen LogP contribution is 2.34. The number of anilines is 2. The lowest BCUT2D eigenvalue weighted by Gasteiger charge is -2.14. The molecule has 2 aromatic carbocycles. The number of methoxy groups -OCH3 is 3. The van der Waals surface area contributed by atoms with Crippen molar-refractivity contribution in [1.29, 1.82) is 0 Å². The first-order chi connectivity index (χ1) is 9.28. The average Bonchev–Trinajstić information content (AvgIpc) is 2.47. The van der Waals surface area contributed by atoms with Gasteiger partial charge in [-0.1, -0.05) is 12.1 Å². The zero-order valence-electron chi connectivity index (χ0n) is 11.3. The quantitative estimate of drug-likeness (QED) is 0.892. The third-order valence-electron chi connectivity index (χ3n) is 2.78. The first-order valence-electron chi connectivity index (χ1n) is 5.90. The lowest BCUT2D eigenvalue weighted by atomic mass is 10.2. The third kappa shape index (κ3) is 2.91. The second-order valence-electron chi connectivity index (χ2n) is 3.89. The molecule has 2 rings (SSSR count). The molecule has 0 unspecified atom stereocenters. The van der Waals surface area contributed by atoms with Crippen LogP contribution in [-0.2, 0) is 0 Å². The van der Waals surface area contributed by atoms with E-state index in [9.17, 15) is 0 Å². The van der Waals surface area contributed by atoms with Crippen LogP contribution >= 0.6 is 0 Å². The molecule has 100 valence electrons. The number of rotatable bonds is 5. The van der Waals surface area contributed by atoms with Crippen molar-refractivity contribution in [2.24, 2.45) is 0 Å². The summed E-state index contributed by atoms with van der Waals surface area (Å²) < 4.78 is 15.9. The second-order valence-corrected chi connectivity index (χ2v) is 3.89. The summed E-state index contributed by atoms with van der Waals surface area (Å²) in [4.78, 5) is 0. The van der Waals surface area contributed by atoms with E-state index in [1.54, 1.807) is 21.3 Å². The number of hydrogen-bond donors (Lipinski definition) is 1. The summed E-state index contributed by atoms with van der Waals surface area (Å²) >= 11 is 0. The molecule has 1 N–H and O–H groups in total. The average molecular weight is 259 g/mol. The molecular weight excluding hydrogens is 242 g/mol. The van der Waals surface area contributed by atoms with Crippen LogP contribution in [-0.4, -0.2) is 21.3 Å². The van der Waals surface area contributed by atoms with Gasteiger partial charge in [-0.15, -0.1) is 0 Å². The van der Waals surface area contributed by atoms with Gasteiger partial charge in [0.25, 0.3) is 0 Å². The highest BCUT2D eigenvalue weighted by atomic mass is 16.5. The van der Waals surface area contributed by atoms with Crippen molar-refractivity contribution in [2.75, 3.05) is 26.6 Å². The van der Waals surface area contributed by atoms with Crippen LogP contribution in [0.2, 0.25) is 0 Å². The van der Waals surface area contributed by atoms with Crippen molar-refractivity contribution in [1.82, 2.24) is 0 Å². The Morgan fingerprint density at radius 2 is 1.42 bits per heavy atom. The normalized spacial score (nSPS) is 9.84. The predicted octanol–water partition coefficient (Wildman–Crippen LogP) is 3.46. The maximum atomic E-state index is 5.33. The maximum Gasteiger partial charge on any atom is 0.142 e. The monoisotopic (exact) mass is 259 g/mol. The summed E-state index contributed by atoms with van der Waals surface area (Å²) in [5.41, 5.74) is 1.70. The van der Waals surface area contributed by atoms with Gasteiger partial charge in [0.1, 0.15) is 17.2 Å². The molecule has 0 aliphatic rings. The van der Waals surface area contributed by atoms with Crippen LogP contribution in [0.4, 0.5) is 11.4 Å². The van der Waals surface area contributed by atoms with Gasteiger partial charge in [-0.2, -0.15) is 0 Å². The first-order valence-corrected chi connectivity index (χ1v) is 5.90. The van der Waals surface area contributed by atoms with Crippen molar-refractivity contribution in [3.8, 4) is 17.2 Å². The number of benzene rings is 2. The van der Waals surface area contributed by atoms with Crippen LogP contribution in [0.25, 0.3) is 0 Å². The Bertz CT molecular complexity index is 555. The van der Waals surface area contributed by atoms with Gasteiger partial charge in [0.2, 0.25) is 0 Å². The standard InChI is InChI=1S/C15H17NO3/c1-17-11-8-9-15(19-3)13(10-11)16-12-6-4-5-7-14(12)18-2/h4-10,16H,1-3H3. The molecule has 19 heavy (non-hydrogen) atoms. The fourth-order valence-corrected chi connectivity index (χ4v) is 1.80. The van der Waals surface area contributed by atoms with E-state index < -0.39 is 0 Å². The van der Waals surface area contributed by atoms with Gasteiger partial charge >= 0.3 is 0 Å². The van der Waals surface area contributed by atoms with Crippen LogP contribution in [0, 0.1) is 0 Å². The number of nitrogens with one attached hydrogen (secondary N) is 1. The molecule has 4 heteroatoms. The van der Waals surface area contributed by atoms with Gasteiger partial charge < -0.3 is 19.5 Å². The highest BCUT2D eigenvalue weighted by molar-refractivity contribution is 5.71. The van der Waals surface area contributed by atoms with Crippen molar-refractivity contribution in [2.45, 2.75) is 0 Å². The molecule has 2 aromatic rings. The van der Waals surface area contributed by atoms with E-state index in [2.05, 4.69) is 5.32 Å². The Morgan fingerprint density at radius 3 is 2.11 bits per heavy atom. The fraction of sp³-hybridized carbons (Fsp3) is 0.200. The van der Waals surface area contributed by atoms with Gasteiger partial charge in [0.15, 0.2) is 0 Å². The molecule has 0 radical (unpaired) electrons. The Hall–Kier alpha value is -2.36. The van der Waals surface area contributed by atoms with Crippen molar-refractivity contribution in [3.05, 3.63) is 42.5 Å². The Morgan fingerprint density at radius 1 is 0.737 bits per heavy atom. The summed E-state index contributed by atoms with van der Waals surface area (Å²) in [6.07, 6.45) is 0. The predicted molar refractivity (Wildman–Crippen MR) is 75.8 cm³/mol. The van der Waals surface area contributed by atoms with E-state index in [4.69, 9.17) is 14.2 Å². The van der Waals surface area contributed by atoms with E-state index in [-0.39, 0.29) is 0 Å². The largest absolute Gasteiger partial charge is 0.497 e. The number of hydrogen-bond acceptors (Lipinski definition) is 4. The molecule has 0 fully saturated rings. The van der Waals surface area contributed by atoms with Crippen LogP contribution in [0.1, 0.15) is 0 Å². The molecular formula is C15H17NO3. The Kier molecular flexibility index (Phi) is 4.13. The minimum atomic E-state index is 0.742. The van der Waals surface area contributed by atoms with Gasteiger partial charge in [-0.25, -0.2) is 0 Å². The molecule has 0 spiro atoms. The zero-order valence-corrected chi connectivity index (χ0v) is 11.3. The van der Waals surface area contributed by atoms with Crippen molar-refractivity contribution < 1.29 is 14.2 Å². The van der Waals surface area contributed by atoms with E-state index in [0.717, 1.165) is 28.6 Å². The summed E-state index contributed by atoms with van der Waals surface area (Å²) in [7, 11) is 4.91. The van der Waals surface area contributed by atoms with E-state index in [1.807, 2.05) is 42.5 Å². The second kappa shape index (κ2) is 6.00. The van der Waals surface area contributed by atoms with Crippen molar-refractivity contribution in [3.63, 3.8) is 0 Å².